The number of benzene rings is 1. The van der Waals surface area contributed by atoms with Gasteiger partial charge in [-0.1, -0.05) is 30.3 Å². The molecule has 1 aromatic carbocycles. The summed E-state index contributed by atoms with van der Waals surface area (Å²) < 4.78 is 53.6. The van der Waals surface area contributed by atoms with Crippen molar-refractivity contribution in [3.05, 3.63) is 135 Å². The Hall–Kier alpha value is -10.5. The van der Waals surface area contributed by atoms with Gasteiger partial charge in [0.25, 0.3) is 35.1 Å². The van der Waals surface area contributed by atoms with Crippen LogP contribution in [0.25, 0.3) is 0 Å². The first kappa shape index (κ1) is 84.1. The van der Waals surface area contributed by atoms with E-state index in [9.17, 15) is 47.9 Å². The van der Waals surface area contributed by atoms with Gasteiger partial charge in [0, 0.05) is 150 Å². The van der Waals surface area contributed by atoms with Gasteiger partial charge in [0.1, 0.15) is 22.5 Å². The average Bonchev–Trinajstić information content (AvgIpc) is 1.44. The molecule has 8 rings (SSSR count). The van der Waals surface area contributed by atoms with E-state index in [0.29, 0.717) is 115 Å². The number of nitrogens with zero attached hydrogens (tertiary/aromatic N) is 11. The van der Waals surface area contributed by atoms with Gasteiger partial charge in [0.15, 0.2) is 17.5 Å². The molecule has 0 saturated carbocycles. The maximum atomic E-state index is 13.3. The van der Waals surface area contributed by atoms with E-state index in [-0.39, 0.29) is 141 Å². The van der Waals surface area contributed by atoms with E-state index in [0.717, 1.165) is 12.0 Å². The third kappa shape index (κ3) is 27.6. The predicted octanol–water partition coefficient (Wildman–Crippen LogP) is 1.31. The summed E-state index contributed by atoms with van der Waals surface area (Å²) in [5.74, 6) is -3.69. The van der Waals surface area contributed by atoms with Crippen LogP contribution in [-0.2, 0) is 99.4 Å². The van der Waals surface area contributed by atoms with E-state index in [4.69, 9.17) is 37.9 Å². The van der Waals surface area contributed by atoms with E-state index < -0.39 is 41.4 Å². The monoisotopic (exact) mass is 1580 g/mol. The number of carbonyl (C=O) groups is 9. The molecule has 109 heavy (non-hydrogen) atoms. The lowest BCUT2D eigenvalue weighted by molar-refractivity contribution is -0.138. The molecule has 0 radical (unpaired) electrons. The molecule has 1 saturated heterocycles. The van der Waals surface area contributed by atoms with Gasteiger partial charge >= 0.3 is 0 Å². The number of halogens is 1. The van der Waals surface area contributed by atoms with Gasteiger partial charge in [-0.3, -0.25) is 47.9 Å². The second-order valence-electron chi connectivity index (χ2n) is 24.9. The lowest BCUT2D eigenvalue weighted by atomic mass is 9.88. The highest BCUT2D eigenvalue weighted by atomic mass is 79.9. The first-order valence-electron chi connectivity index (χ1n) is 35.2. The van der Waals surface area contributed by atoms with Gasteiger partial charge in [0.2, 0.25) is 35.3 Å². The molecule has 0 aliphatic carbocycles. The maximum Gasteiger partial charge on any atom is 0.291 e. The number of nitrogens with one attached hydrogen (secondary N) is 9. The molecule has 7 heterocycles. The van der Waals surface area contributed by atoms with Gasteiger partial charge in [-0.2, -0.15) is 5.10 Å². The number of rotatable bonds is 47. The van der Waals surface area contributed by atoms with Crippen LogP contribution in [0.3, 0.4) is 0 Å². The lowest BCUT2D eigenvalue weighted by Gasteiger charge is -2.39. The standard InChI is InChI=1S/C70H95BrN20O18/c1-85-20-18-73-62(85)68(99)79-50-37-53(86(2)41-50)65(96)74-17-14-59(94)82-56-45-89(5)64(84-56)69(100)80-51-38-54(87(3)42-51)66(97)75-16-13-58(93)81-55-44-88(4)63(83-55)67(98)76-15-12-57(92)72-19-21-102-22-23-103-24-25-104-26-27-105-28-29-106-30-31-107-32-33-108-34-35-109-46-60(95)91-40-48(47-10-8-7-9-11-47)36-49(43-91)78-52-39-77-90(6)70(101)61(52)71/h7-11,18,20,37-39,41-42,44-45,48-49,78H,12-17,19,21-36,40,43,46H2,1-6H3,(H,72,92)(H,74,96)(H,75,97)(H,76,98)(H,79,99)(H,80,100)(H,81,93)(H,82,94)/t48-,49+/m0/s1. The lowest BCUT2D eigenvalue weighted by Crippen LogP contribution is -2.49. The molecule has 1 aliphatic heterocycles. The first-order valence-corrected chi connectivity index (χ1v) is 36.0. The van der Waals surface area contributed by atoms with Crippen LogP contribution in [0.2, 0.25) is 0 Å². The molecule has 39 heteroatoms. The summed E-state index contributed by atoms with van der Waals surface area (Å²) in [6.45, 7) is 6.43. The number of amides is 9. The molecule has 0 bridgehead atoms. The van der Waals surface area contributed by atoms with Gasteiger partial charge in [-0.25, -0.2) is 19.6 Å². The molecule has 9 N–H and O–H groups in total. The Kier molecular flexibility index (Phi) is 34.0. The number of piperidine rings is 1. The minimum atomic E-state index is -0.641. The highest BCUT2D eigenvalue weighted by Crippen LogP contribution is 2.30. The number of ether oxygens (including phenoxy) is 8. The minimum absolute atomic E-state index is 0.00730. The van der Waals surface area contributed by atoms with Crippen molar-refractivity contribution in [1.29, 1.82) is 0 Å². The van der Waals surface area contributed by atoms with Gasteiger partial charge in [0.05, 0.1) is 122 Å². The van der Waals surface area contributed by atoms with E-state index in [2.05, 4.69) is 96.0 Å². The number of imidazole rings is 3. The van der Waals surface area contributed by atoms with Crippen molar-refractivity contribution in [2.45, 2.75) is 37.6 Å². The van der Waals surface area contributed by atoms with Crippen LogP contribution in [0.4, 0.5) is 28.7 Å². The summed E-state index contributed by atoms with van der Waals surface area (Å²) in [5, 5.41) is 28.9. The number of likely N-dealkylation sites (tertiary alicyclic amines) is 1. The van der Waals surface area contributed by atoms with Gasteiger partial charge < -0.3 is 113 Å². The minimum Gasteiger partial charge on any atom is -0.378 e. The van der Waals surface area contributed by atoms with E-state index in [1.807, 2.05) is 18.2 Å². The number of aromatic nitrogens is 10. The Balaban J connectivity index is 0.562. The maximum absolute atomic E-state index is 13.3. The van der Waals surface area contributed by atoms with Crippen molar-refractivity contribution in [3.63, 3.8) is 0 Å². The molecular weight excluding hydrogens is 1490 g/mol. The molecule has 38 nitrogen and oxygen atoms in total. The van der Waals surface area contributed by atoms with Crippen molar-refractivity contribution in [2.75, 3.05) is 172 Å². The Labute approximate surface area is 636 Å². The SMILES string of the molecule is Cn1cc(NC(=O)c2nc(NC(=O)CCNC(=O)c3cc(NC(=O)c4nccn4C)cn3C)cn2C)cc1C(=O)NCCC(=O)Nc1cn(C)c(C(=O)NCCC(=O)NCCOCCOCCOCCOCCOCCOCCOCCOCC(=O)N2C[C@H](Nc3cnn(C)c(=O)c3Br)C[C@H](c3ccccc3)C2)n1. The Morgan fingerprint density at radius 2 is 0.945 bits per heavy atom. The molecule has 0 spiro atoms. The summed E-state index contributed by atoms with van der Waals surface area (Å²) in [4.78, 5) is 143. The zero-order chi connectivity index (χ0) is 78.0. The fourth-order valence-electron chi connectivity index (χ4n) is 11.0. The van der Waals surface area contributed by atoms with Crippen LogP contribution in [0.15, 0.2) is 95.1 Å². The van der Waals surface area contributed by atoms with Crippen LogP contribution >= 0.6 is 15.9 Å². The first-order chi connectivity index (χ1) is 52.6. The molecular formula is C70H95BrN20O18. The number of anilines is 5. The molecule has 590 valence electrons. The van der Waals surface area contributed by atoms with Crippen LogP contribution in [0.1, 0.15) is 90.0 Å². The molecule has 2 atom stereocenters. The molecule has 6 aromatic heterocycles. The Bertz CT molecular complexity index is 4230. The second kappa shape index (κ2) is 44.1. The zero-order valence-corrected chi connectivity index (χ0v) is 63.4. The van der Waals surface area contributed by atoms with Crippen molar-refractivity contribution in [2.24, 2.45) is 42.3 Å². The number of hydrogen-bond donors (Lipinski definition) is 9. The van der Waals surface area contributed by atoms with Crippen molar-refractivity contribution >= 4 is 97.8 Å². The number of hydrogen-bond acceptors (Lipinski definition) is 23. The van der Waals surface area contributed by atoms with Crippen LogP contribution in [0.5, 0.6) is 0 Å². The molecule has 0 unspecified atom stereocenters. The summed E-state index contributed by atoms with van der Waals surface area (Å²) in [5.41, 5.74) is 2.51. The molecule has 1 fully saturated rings. The second-order valence-corrected chi connectivity index (χ2v) is 25.7. The summed E-state index contributed by atoms with van der Waals surface area (Å²) >= 11 is 3.39. The van der Waals surface area contributed by atoms with Crippen molar-refractivity contribution in [1.82, 2.24) is 73.7 Å². The molecule has 1 aliphatic rings. The molecule has 7 aromatic rings. The van der Waals surface area contributed by atoms with Gasteiger partial charge in [-0.15, -0.1) is 0 Å². The quantitative estimate of drug-likeness (QED) is 0.0243. The van der Waals surface area contributed by atoms with Crippen LogP contribution in [-0.4, -0.2) is 257 Å². The third-order valence-electron chi connectivity index (χ3n) is 16.5. The van der Waals surface area contributed by atoms with E-state index in [1.54, 1.807) is 70.3 Å². The Morgan fingerprint density at radius 1 is 0.486 bits per heavy atom. The van der Waals surface area contributed by atoms with Crippen molar-refractivity contribution < 1.29 is 81.0 Å². The normalized spacial score (nSPS) is 13.4. The average molecular weight is 1580 g/mol. The fraction of sp³-hybridized carbons (Fsp3) is 0.486. The summed E-state index contributed by atoms with van der Waals surface area (Å²) in [6.07, 6.45) is 11.2. The topological polar surface area (TPSA) is 437 Å². The van der Waals surface area contributed by atoms with Crippen molar-refractivity contribution in [3.8, 4) is 0 Å². The highest BCUT2D eigenvalue weighted by molar-refractivity contribution is 9.10. The summed E-state index contributed by atoms with van der Waals surface area (Å²) in [7, 11) is 9.62. The van der Waals surface area contributed by atoms with E-state index in [1.165, 1.54) is 59.9 Å². The van der Waals surface area contributed by atoms with Crippen LogP contribution in [0, 0.1) is 0 Å². The number of aryl methyl sites for hydroxylation is 6. The predicted molar refractivity (Wildman–Crippen MR) is 399 cm³/mol. The third-order valence-corrected chi connectivity index (χ3v) is 17.3. The van der Waals surface area contributed by atoms with E-state index >= 15 is 0 Å². The summed E-state index contributed by atoms with van der Waals surface area (Å²) in [6, 6.07) is 12.9. The van der Waals surface area contributed by atoms with Crippen LogP contribution < -0.4 is 53.4 Å². The number of carbonyl (C=O) groups excluding carboxylic acids is 9. The fourth-order valence-corrected chi connectivity index (χ4v) is 11.5. The smallest absolute Gasteiger partial charge is 0.291 e. The highest BCUT2D eigenvalue weighted by Gasteiger charge is 2.32. The Morgan fingerprint density at radius 3 is 1.44 bits per heavy atom. The largest absolute Gasteiger partial charge is 0.378 e. The zero-order valence-electron chi connectivity index (χ0n) is 61.8. The van der Waals surface area contributed by atoms with Gasteiger partial charge in [-0.05, 0) is 40.0 Å². The molecule has 9 amide bonds.